The Morgan fingerprint density at radius 1 is 1.47 bits per heavy atom. The van der Waals surface area contributed by atoms with E-state index in [9.17, 15) is 0 Å². The first kappa shape index (κ1) is 10.1. The van der Waals surface area contributed by atoms with Crippen LogP contribution >= 0.6 is 11.6 Å². The average molecular weight is 223 g/mol. The van der Waals surface area contributed by atoms with Crippen molar-refractivity contribution < 1.29 is 0 Å². The van der Waals surface area contributed by atoms with E-state index in [-0.39, 0.29) is 6.04 Å². The van der Waals surface area contributed by atoms with Gasteiger partial charge in [0.05, 0.1) is 28.6 Å². The molecule has 15 heavy (non-hydrogen) atoms. The predicted octanol–water partition coefficient (Wildman–Crippen LogP) is 1.52. The van der Waals surface area contributed by atoms with Gasteiger partial charge in [-0.1, -0.05) is 17.7 Å². The van der Waals surface area contributed by atoms with Crippen molar-refractivity contribution in [2.24, 2.45) is 12.8 Å². The van der Waals surface area contributed by atoms with Gasteiger partial charge in [-0.25, -0.2) is 0 Å². The number of pyridine rings is 1. The fraction of sp³-hybridized carbons (Fsp3) is 0.200. The van der Waals surface area contributed by atoms with E-state index in [2.05, 4.69) is 10.1 Å². The molecule has 1 atom stereocenters. The summed E-state index contributed by atoms with van der Waals surface area (Å²) in [7, 11) is 1.81. The third kappa shape index (κ3) is 1.86. The molecule has 0 aliphatic heterocycles. The molecule has 0 aliphatic rings. The molecular formula is C10H11ClN4. The molecule has 0 amide bonds. The first-order chi connectivity index (χ1) is 7.20. The molecule has 0 saturated heterocycles. The van der Waals surface area contributed by atoms with Crippen LogP contribution in [0.5, 0.6) is 0 Å². The van der Waals surface area contributed by atoms with Gasteiger partial charge in [0, 0.05) is 13.2 Å². The molecular weight excluding hydrogens is 212 g/mol. The van der Waals surface area contributed by atoms with E-state index in [1.807, 2.05) is 25.2 Å². The van der Waals surface area contributed by atoms with E-state index >= 15 is 0 Å². The normalized spacial score (nSPS) is 12.7. The summed E-state index contributed by atoms with van der Waals surface area (Å²) in [4.78, 5) is 4.19. The summed E-state index contributed by atoms with van der Waals surface area (Å²) >= 11 is 6.00. The number of nitrogens with zero attached hydrogens (tertiary/aromatic N) is 3. The average Bonchev–Trinajstić information content (AvgIpc) is 2.59. The van der Waals surface area contributed by atoms with Crippen LogP contribution < -0.4 is 5.73 Å². The predicted molar refractivity (Wildman–Crippen MR) is 58.5 cm³/mol. The van der Waals surface area contributed by atoms with Gasteiger partial charge in [0.15, 0.2) is 0 Å². The summed E-state index contributed by atoms with van der Waals surface area (Å²) in [6.45, 7) is 0. The number of hydrogen-bond acceptors (Lipinski definition) is 3. The fourth-order valence-electron chi connectivity index (χ4n) is 1.47. The molecule has 2 aromatic rings. The zero-order chi connectivity index (χ0) is 10.8. The van der Waals surface area contributed by atoms with Crippen LogP contribution in [0.3, 0.4) is 0 Å². The van der Waals surface area contributed by atoms with Gasteiger partial charge in [-0.2, -0.15) is 5.10 Å². The fourth-order valence-corrected chi connectivity index (χ4v) is 1.75. The van der Waals surface area contributed by atoms with Crippen molar-refractivity contribution in [3.05, 3.63) is 47.0 Å². The quantitative estimate of drug-likeness (QED) is 0.838. The molecule has 0 aliphatic carbocycles. The van der Waals surface area contributed by atoms with Gasteiger partial charge in [-0.3, -0.25) is 9.67 Å². The maximum atomic E-state index is 6.05. The molecule has 2 heterocycles. The van der Waals surface area contributed by atoms with E-state index in [1.54, 1.807) is 17.1 Å². The van der Waals surface area contributed by atoms with E-state index in [0.717, 1.165) is 11.4 Å². The molecule has 0 saturated carbocycles. The Hall–Kier alpha value is -1.39. The Balaban J connectivity index is 2.41. The highest BCUT2D eigenvalue weighted by atomic mass is 35.5. The van der Waals surface area contributed by atoms with Gasteiger partial charge in [-0.15, -0.1) is 0 Å². The number of halogens is 1. The summed E-state index contributed by atoms with van der Waals surface area (Å²) < 4.78 is 1.67. The number of rotatable bonds is 2. The van der Waals surface area contributed by atoms with E-state index in [1.165, 1.54) is 0 Å². The lowest BCUT2D eigenvalue weighted by Gasteiger charge is -2.11. The zero-order valence-electron chi connectivity index (χ0n) is 8.26. The van der Waals surface area contributed by atoms with Crippen LogP contribution in [0.4, 0.5) is 0 Å². The third-order valence-electron chi connectivity index (χ3n) is 2.24. The lowest BCUT2D eigenvalue weighted by molar-refractivity contribution is 0.664. The summed E-state index contributed by atoms with van der Waals surface area (Å²) in [6, 6.07) is 5.27. The Bertz CT molecular complexity index is 432. The lowest BCUT2D eigenvalue weighted by atomic mass is 10.1. The van der Waals surface area contributed by atoms with Gasteiger partial charge in [-0.05, 0) is 12.1 Å². The molecule has 2 rings (SSSR count). The second-order valence-electron chi connectivity index (χ2n) is 3.23. The SMILES string of the molecule is Cn1ncc(Cl)c1C(N)c1ccccn1. The largest absolute Gasteiger partial charge is 0.318 e. The van der Waals surface area contributed by atoms with Crippen LogP contribution in [0.15, 0.2) is 30.6 Å². The highest BCUT2D eigenvalue weighted by Crippen LogP contribution is 2.24. The second kappa shape index (κ2) is 4.00. The van der Waals surface area contributed by atoms with Gasteiger partial charge >= 0.3 is 0 Å². The summed E-state index contributed by atoms with van der Waals surface area (Å²) in [5.74, 6) is 0. The van der Waals surface area contributed by atoms with Crippen LogP contribution in [0.25, 0.3) is 0 Å². The first-order valence-corrected chi connectivity index (χ1v) is 4.92. The molecule has 0 fully saturated rings. The van der Waals surface area contributed by atoms with Gasteiger partial charge < -0.3 is 5.73 Å². The minimum atomic E-state index is -0.341. The molecule has 0 aromatic carbocycles. The summed E-state index contributed by atoms with van der Waals surface area (Å²) in [5, 5.41) is 4.61. The number of hydrogen-bond donors (Lipinski definition) is 1. The van der Waals surface area contributed by atoms with Crippen LogP contribution in [0.2, 0.25) is 5.02 Å². The Morgan fingerprint density at radius 3 is 2.80 bits per heavy atom. The summed E-state index contributed by atoms with van der Waals surface area (Å²) in [6.07, 6.45) is 3.29. The number of aryl methyl sites for hydroxylation is 1. The minimum absolute atomic E-state index is 0.341. The second-order valence-corrected chi connectivity index (χ2v) is 3.64. The Morgan fingerprint density at radius 2 is 2.27 bits per heavy atom. The standard InChI is InChI=1S/C10H11ClN4/c1-15-10(7(11)6-14-15)9(12)8-4-2-3-5-13-8/h2-6,9H,12H2,1H3. The van der Waals surface area contributed by atoms with E-state index in [4.69, 9.17) is 17.3 Å². The highest BCUT2D eigenvalue weighted by molar-refractivity contribution is 6.31. The Labute approximate surface area is 92.7 Å². The van der Waals surface area contributed by atoms with Crippen LogP contribution in [0.1, 0.15) is 17.4 Å². The maximum Gasteiger partial charge on any atom is 0.0912 e. The molecule has 0 radical (unpaired) electrons. The van der Waals surface area contributed by atoms with E-state index < -0.39 is 0 Å². The molecule has 78 valence electrons. The van der Waals surface area contributed by atoms with Gasteiger partial charge in [0.25, 0.3) is 0 Å². The highest BCUT2D eigenvalue weighted by Gasteiger charge is 2.17. The third-order valence-corrected chi connectivity index (χ3v) is 2.53. The molecule has 0 bridgehead atoms. The molecule has 2 N–H and O–H groups in total. The Kier molecular flexibility index (Phi) is 2.70. The molecule has 5 heteroatoms. The van der Waals surface area contributed by atoms with Crippen molar-refractivity contribution in [3.63, 3.8) is 0 Å². The zero-order valence-corrected chi connectivity index (χ0v) is 9.02. The topological polar surface area (TPSA) is 56.7 Å². The van der Waals surface area contributed by atoms with Crippen molar-refractivity contribution in [2.45, 2.75) is 6.04 Å². The van der Waals surface area contributed by atoms with Gasteiger partial charge in [0.1, 0.15) is 0 Å². The lowest BCUT2D eigenvalue weighted by Crippen LogP contribution is -2.17. The summed E-state index contributed by atoms with van der Waals surface area (Å²) in [5.41, 5.74) is 7.61. The van der Waals surface area contributed by atoms with Crippen LogP contribution in [0, 0.1) is 0 Å². The van der Waals surface area contributed by atoms with Crippen molar-refractivity contribution in [1.82, 2.24) is 14.8 Å². The smallest absolute Gasteiger partial charge is 0.0912 e. The van der Waals surface area contributed by atoms with Crippen molar-refractivity contribution in [1.29, 1.82) is 0 Å². The maximum absolute atomic E-state index is 6.05. The van der Waals surface area contributed by atoms with Crippen molar-refractivity contribution in [3.8, 4) is 0 Å². The molecule has 4 nitrogen and oxygen atoms in total. The molecule has 2 aromatic heterocycles. The minimum Gasteiger partial charge on any atom is -0.318 e. The van der Waals surface area contributed by atoms with Gasteiger partial charge in [0.2, 0.25) is 0 Å². The number of aromatic nitrogens is 3. The molecule has 1 unspecified atom stereocenters. The number of nitrogens with two attached hydrogens (primary N) is 1. The van der Waals surface area contributed by atoms with Crippen LogP contribution in [-0.4, -0.2) is 14.8 Å². The first-order valence-electron chi connectivity index (χ1n) is 4.54. The monoisotopic (exact) mass is 222 g/mol. The van der Waals surface area contributed by atoms with E-state index in [0.29, 0.717) is 5.02 Å². The van der Waals surface area contributed by atoms with Crippen LogP contribution in [-0.2, 0) is 7.05 Å². The van der Waals surface area contributed by atoms with Crippen molar-refractivity contribution >= 4 is 11.6 Å². The van der Waals surface area contributed by atoms with Crippen molar-refractivity contribution in [2.75, 3.05) is 0 Å². The molecule has 0 spiro atoms.